The number of carbonyl (C=O) groups is 1. The van der Waals surface area contributed by atoms with Crippen molar-refractivity contribution in [1.29, 1.82) is 0 Å². The molecule has 4 heteroatoms. The molecule has 1 saturated carbocycles. The van der Waals surface area contributed by atoms with Gasteiger partial charge in [-0.2, -0.15) is 0 Å². The first-order chi connectivity index (χ1) is 7.18. The summed E-state index contributed by atoms with van der Waals surface area (Å²) in [5.74, 6) is 0.590. The van der Waals surface area contributed by atoms with Crippen molar-refractivity contribution >= 4 is 17.1 Å². The van der Waals surface area contributed by atoms with Gasteiger partial charge in [0.1, 0.15) is 5.78 Å². The van der Waals surface area contributed by atoms with Gasteiger partial charge in [-0.05, 0) is 26.2 Å². The number of hydrogen-bond donors (Lipinski definition) is 0. The largest absolute Gasteiger partial charge is 0.307 e. The lowest BCUT2D eigenvalue weighted by Crippen LogP contribution is -2.18. The molecule has 0 saturated heterocycles. The van der Waals surface area contributed by atoms with E-state index >= 15 is 0 Å². The molecule has 0 bridgehead atoms. The van der Waals surface area contributed by atoms with Gasteiger partial charge < -0.3 is 4.57 Å². The zero-order valence-electron chi connectivity index (χ0n) is 8.86. The Morgan fingerprint density at radius 2 is 2.33 bits per heavy atom. The van der Waals surface area contributed by atoms with Crippen molar-refractivity contribution in [1.82, 2.24) is 4.57 Å². The van der Waals surface area contributed by atoms with E-state index in [4.69, 9.17) is 0 Å². The molecule has 1 atom stereocenters. The first kappa shape index (κ1) is 10.6. The summed E-state index contributed by atoms with van der Waals surface area (Å²) < 4.78 is 1.77. The van der Waals surface area contributed by atoms with E-state index < -0.39 is 0 Å². The van der Waals surface area contributed by atoms with Gasteiger partial charge in [0.05, 0.1) is 0 Å². The number of aromatic nitrogens is 1. The summed E-state index contributed by atoms with van der Waals surface area (Å²) >= 11 is 1.24. The third kappa shape index (κ3) is 2.20. The van der Waals surface area contributed by atoms with E-state index in [0.29, 0.717) is 12.3 Å². The number of nitrogens with zero attached hydrogens (tertiary/aromatic N) is 1. The van der Waals surface area contributed by atoms with Crippen LogP contribution in [0.3, 0.4) is 0 Å². The number of aryl methyl sites for hydroxylation is 1. The average Bonchev–Trinajstić information content (AvgIpc) is 2.73. The molecule has 15 heavy (non-hydrogen) atoms. The highest BCUT2D eigenvalue weighted by Gasteiger charge is 2.24. The summed E-state index contributed by atoms with van der Waals surface area (Å²) in [6.07, 6.45) is 3.61. The Morgan fingerprint density at radius 3 is 2.87 bits per heavy atom. The lowest BCUT2D eigenvalue weighted by atomic mass is 10.0. The van der Waals surface area contributed by atoms with E-state index in [1.807, 2.05) is 12.3 Å². The SMILES string of the molecule is Cc1csc(=O)n1CCC1CCCC1=O. The minimum Gasteiger partial charge on any atom is -0.303 e. The molecular formula is C11H15NO2S. The van der Waals surface area contributed by atoms with Gasteiger partial charge in [0.15, 0.2) is 0 Å². The molecule has 0 N–H and O–H groups in total. The van der Waals surface area contributed by atoms with E-state index in [-0.39, 0.29) is 10.8 Å². The van der Waals surface area contributed by atoms with Crippen LogP contribution in [0.4, 0.5) is 0 Å². The normalized spacial score (nSPS) is 21.1. The predicted molar refractivity (Wildman–Crippen MR) is 60.3 cm³/mol. The fraction of sp³-hybridized carbons (Fsp3) is 0.636. The maximum absolute atomic E-state index is 11.4. The maximum atomic E-state index is 11.4. The molecule has 0 aliphatic heterocycles. The Bertz CT molecular complexity index is 418. The van der Waals surface area contributed by atoms with Crippen LogP contribution in [0.15, 0.2) is 10.2 Å². The van der Waals surface area contributed by atoms with E-state index in [1.165, 1.54) is 11.3 Å². The predicted octanol–water partition coefficient (Wildman–Crippen LogP) is 1.98. The molecule has 3 nitrogen and oxygen atoms in total. The molecule has 1 aromatic rings. The summed E-state index contributed by atoms with van der Waals surface area (Å²) in [5, 5.41) is 1.87. The van der Waals surface area contributed by atoms with Crippen LogP contribution in [0.2, 0.25) is 0 Å². The zero-order chi connectivity index (χ0) is 10.8. The molecule has 0 spiro atoms. The standard InChI is InChI=1S/C11H15NO2S/c1-8-7-15-11(14)12(8)6-5-9-3-2-4-10(9)13/h7,9H,2-6H2,1H3. The zero-order valence-corrected chi connectivity index (χ0v) is 9.68. The van der Waals surface area contributed by atoms with Crippen molar-refractivity contribution in [2.24, 2.45) is 5.92 Å². The number of rotatable bonds is 3. The Labute approximate surface area is 92.7 Å². The third-order valence-corrected chi connectivity index (χ3v) is 3.99. The van der Waals surface area contributed by atoms with Crippen LogP contribution in [0.5, 0.6) is 0 Å². The molecule has 0 radical (unpaired) electrons. The van der Waals surface area contributed by atoms with E-state index in [1.54, 1.807) is 4.57 Å². The second-order valence-electron chi connectivity index (χ2n) is 4.14. The summed E-state index contributed by atoms with van der Waals surface area (Å²) in [7, 11) is 0. The Kier molecular flexibility index (Phi) is 3.05. The van der Waals surface area contributed by atoms with Gasteiger partial charge in [0, 0.05) is 30.0 Å². The minimum atomic E-state index is 0.0953. The second-order valence-corrected chi connectivity index (χ2v) is 4.96. The molecule has 2 rings (SSSR count). The molecule has 1 aliphatic carbocycles. The highest BCUT2D eigenvalue weighted by Crippen LogP contribution is 2.24. The van der Waals surface area contributed by atoms with Gasteiger partial charge >= 0.3 is 4.87 Å². The summed E-state index contributed by atoms with van der Waals surface area (Å²) in [6.45, 7) is 2.64. The third-order valence-electron chi connectivity index (χ3n) is 3.11. The highest BCUT2D eigenvalue weighted by atomic mass is 32.1. The highest BCUT2D eigenvalue weighted by molar-refractivity contribution is 7.07. The number of carbonyl (C=O) groups excluding carboxylic acids is 1. The van der Waals surface area contributed by atoms with Crippen LogP contribution in [-0.4, -0.2) is 10.4 Å². The monoisotopic (exact) mass is 225 g/mol. The van der Waals surface area contributed by atoms with Crippen LogP contribution >= 0.6 is 11.3 Å². The van der Waals surface area contributed by atoms with Crippen molar-refractivity contribution in [3.8, 4) is 0 Å². The molecule has 0 amide bonds. The fourth-order valence-electron chi connectivity index (χ4n) is 2.15. The molecule has 1 heterocycles. The van der Waals surface area contributed by atoms with Crippen LogP contribution < -0.4 is 4.87 Å². The van der Waals surface area contributed by atoms with Gasteiger partial charge in [-0.3, -0.25) is 9.59 Å². The van der Waals surface area contributed by atoms with E-state index in [2.05, 4.69) is 0 Å². The van der Waals surface area contributed by atoms with Crippen molar-refractivity contribution in [2.45, 2.75) is 39.2 Å². The van der Waals surface area contributed by atoms with Crippen molar-refractivity contribution < 1.29 is 4.79 Å². The first-order valence-electron chi connectivity index (χ1n) is 5.36. The Balaban J connectivity index is 1.99. The van der Waals surface area contributed by atoms with Crippen LogP contribution in [0.25, 0.3) is 0 Å². The number of hydrogen-bond acceptors (Lipinski definition) is 3. The second kappa shape index (κ2) is 4.31. The van der Waals surface area contributed by atoms with Gasteiger partial charge in [-0.1, -0.05) is 11.3 Å². The minimum absolute atomic E-state index is 0.0953. The molecule has 0 aromatic carbocycles. The molecule has 1 unspecified atom stereocenters. The van der Waals surface area contributed by atoms with Crippen molar-refractivity contribution in [3.05, 3.63) is 20.7 Å². The lowest BCUT2D eigenvalue weighted by molar-refractivity contribution is -0.120. The fourth-order valence-corrected chi connectivity index (χ4v) is 2.91. The Hall–Kier alpha value is -0.900. The van der Waals surface area contributed by atoms with E-state index in [0.717, 1.165) is 31.4 Å². The number of ketones is 1. The van der Waals surface area contributed by atoms with Gasteiger partial charge in [-0.25, -0.2) is 0 Å². The van der Waals surface area contributed by atoms with Crippen molar-refractivity contribution in [2.75, 3.05) is 0 Å². The first-order valence-corrected chi connectivity index (χ1v) is 6.24. The van der Waals surface area contributed by atoms with Gasteiger partial charge in [0.2, 0.25) is 0 Å². The topological polar surface area (TPSA) is 39.1 Å². The van der Waals surface area contributed by atoms with Crippen LogP contribution in [-0.2, 0) is 11.3 Å². The van der Waals surface area contributed by atoms with Gasteiger partial charge in [-0.15, -0.1) is 0 Å². The summed E-state index contributed by atoms with van der Waals surface area (Å²) in [4.78, 5) is 22.9. The molecule has 82 valence electrons. The van der Waals surface area contributed by atoms with Crippen LogP contribution in [0, 0.1) is 12.8 Å². The number of thiazole rings is 1. The van der Waals surface area contributed by atoms with E-state index in [9.17, 15) is 9.59 Å². The van der Waals surface area contributed by atoms with Crippen LogP contribution in [0.1, 0.15) is 31.4 Å². The average molecular weight is 225 g/mol. The lowest BCUT2D eigenvalue weighted by Gasteiger charge is -2.08. The molecular weight excluding hydrogens is 210 g/mol. The summed E-state index contributed by atoms with van der Waals surface area (Å²) in [6, 6.07) is 0. The molecule has 1 fully saturated rings. The molecule has 1 aliphatic rings. The Morgan fingerprint density at radius 1 is 1.53 bits per heavy atom. The van der Waals surface area contributed by atoms with Gasteiger partial charge in [0.25, 0.3) is 0 Å². The quantitative estimate of drug-likeness (QED) is 0.789. The molecule has 1 aromatic heterocycles. The van der Waals surface area contributed by atoms with Crippen molar-refractivity contribution in [3.63, 3.8) is 0 Å². The summed E-state index contributed by atoms with van der Waals surface area (Å²) in [5.41, 5.74) is 1.01. The maximum Gasteiger partial charge on any atom is 0.307 e. The smallest absolute Gasteiger partial charge is 0.303 e. The number of Topliss-reactive ketones (excluding diaryl/α,β-unsaturated/α-hetero) is 1.